The van der Waals surface area contributed by atoms with E-state index in [-0.39, 0.29) is 18.6 Å². The number of methoxy groups -OCH3 is 1. The molecule has 0 spiro atoms. The maximum atomic E-state index is 12.8. The van der Waals surface area contributed by atoms with Gasteiger partial charge in [0.1, 0.15) is 11.5 Å². The highest BCUT2D eigenvalue weighted by molar-refractivity contribution is 5.77. The van der Waals surface area contributed by atoms with Crippen LogP contribution in [0.25, 0.3) is 0 Å². The summed E-state index contributed by atoms with van der Waals surface area (Å²) in [6.07, 6.45) is 0. The predicted molar refractivity (Wildman–Crippen MR) is 131 cm³/mol. The summed E-state index contributed by atoms with van der Waals surface area (Å²) in [5, 5.41) is 0. The molecule has 1 unspecified atom stereocenters. The Balaban J connectivity index is 1.41. The average Bonchev–Trinajstić information content (AvgIpc) is 2.86. The number of carbonyl (C=O) groups is 1. The van der Waals surface area contributed by atoms with E-state index in [4.69, 9.17) is 9.47 Å². The molecular formula is C28H32N2O3. The highest BCUT2D eigenvalue weighted by Crippen LogP contribution is 2.32. The molecule has 1 aliphatic heterocycles. The molecule has 3 aromatic carbocycles. The largest absolute Gasteiger partial charge is 0.497 e. The fraction of sp³-hybridized carbons (Fsp3) is 0.321. The zero-order chi connectivity index (χ0) is 23.2. The second-order valence-electron chi connectivity index (χ2n) is 8.55. The Labute approximate surface area is 196 Å². The monoisotopic (exact) mass is 444 g/mol. The topological polar surface area (TPSA) is 42.0 Å². The van der Waals surface area contributed by atoms with Gasteiger partial charge in [0.15, 0.2) is 6.61 Å². The molecule has 0 N–H and O–H groups in total. The zero-order valence-electron chi connectivity index (χ0n) is 19.7. The molecular weight excluding hydrogens is 412 g/mol. The maximum absolute atomic E-state index is 12.8. The first kappa shape index (κ1) is 22.9. The van der Waals surface area contributed by atoms with E-state index in [9.17, 15) is 4.79 Å². The first-order valence-corrected chi connectivity index (χ1v) is 11.5. The molecule has 5 nitrogen and oxygen atoms in total. The third-order valence-corrected chi connectivity index (χ3v) is 6.30. The fourth-order valence-corrected chi connectivity index (χ4v) is 4.41. The molecule has 1 atom stereocenters. The van der Waals surface area contributed by atoms with Crippen molar-refractivity contribution in [3.8, 4) is 11.5 Å². The van der Waals surface area contributed by atoms with Gasteiger partial charge >= 0.3 is 0 Å². The quantitative estimate of drug-likeness (QED) is 0.533. The minimum Gasteiger partial charge on any atom is -0.497 e. The molecule has 0 saturated carbocycles. The van der Waals surface area contributed by atoms with Gasteiger partial charge in [0.2, 0.25) is 0 Å². The summed E-state index contributed by atoms with van der Waals surface area (Å²) >= 11 is 0. The van der Waals surface area contributed by atoms with E-state index >= 15 is 0 Å². The van der Waals surface area contributed by atoms with Crippen LogP contribution in [-0.4, -0.2) is 55.6 Å². The predicted octanol–water partition coefficient (Wildman–Crippen LogP) is 4.62. The number of rotatable bonds is 7. The smallest absolute Gasteiger partial charge is 0.260 e. The van der Waals surface area contributed by atoms with E-state index in [0.717, 1.165) is 18.8 Å². The van der Waals surface area contributed by atoms with E-state index in [1.165, 1.54) is 22.3 Å². The molecule has 1 aliphatic rings. The normalized spacial score (nSPS) is 15.2. The molecule has 1 fully saturated rings. The van der Waals surface area contributed by atoms with Crippen molar-refractivity contribution in [1.29, 1.82) is 0 Å². The number of carbonyl (C=O) groups excluding carboxylic acids is 1. The summed E-state index contributed by atoms with van der Waals surface area (Å²) < 4.78 is 10.9. The molecule has 0 aromatic heterocycles. The van der Waals surface area contributed by atoms with Gasteiger partial charge in [0.05, 0.1) is 13.2 Å². The molecule has 0 radical (unpaired) electrons. The molecule has 1 saturated heterocycles. The average molecular weight is 445 g/mol. The fourth-order valence-electron chi connectivity index (χ4n) is 4.41. The third kappa shape index (κ3) is 5.55. The van der Waals surface area contributed by atoms with Crippen LogP contribution in [0.15, 0.2) is 72.8 Å². The number of hydrogen-bond acceptors (Lipinski definition) is 4. The lowest BCUT2D eigenvalue weighted by Gasteiger charge is -2.40. The second kappa shape index (κ2) is 10.5. The van der Waals surface area contributed by atoms with Crippen molar-refractivity contribution < 1.29 is 14.3 Å². The lowest BCUT2D eigenvalue weighted by atomic mass is 9.92. The van der Waals surface area contributed by atoms with Crippen molar-refractivity contribution in [1.82, 2.24) is 9.80 Å². The van der Waals surface area contributed by atoms with Crippen LogP contribution < -0.4 is 9.47 Å². The summed E-state index contributed by atoms with van der Waals surface area (Å²) in [7, 11) is 1.63. The number of hydrogen-bond donors (Lipinski definition) is 0. The van der Waals surface area contributed by atoms with Crippen molar-refractivity contribution in [2.24, 2.45) is 0 Å². The zero-order valence-corrected chi connectivity index (χ0v) is 19.7. The molecule has 172 valence electrons. The minimum absolute atomic E-state index is 0.0217. The summed E-state index contributed by atoms with van der Waals surface area (Å²) in [6.45, 7) is 7.40. The summed E-state index contributed by atoms with van der Waals surface area (Å²) in [5.74, 6) is 1.46. The highest BCUT2D eigenvalue weighted by Gasteiger charge is 2.29. The van der Waals surface area contributed by atoms with Gasteiger partial charge in [0.25, 0.3) is 5.91 Å². The van der Waals surface area contributed by atoms with Gasteiger partial charge in [-0.25, -0.2) is 0 Å². The molecule has 1 heterocycles. The Hall–Kier alpha value is -3.31. The van der Waals surface area contributed by atoms with Crippen LogP contribution in [0.4, 0.5) is 0 Å². The Bertz CT molecular complexity index is 1060. The third-order valence-electron chi connectivity index (χ3n) is 6.30. The van der Waals surface area contributed by atoms with Gasteiger partial charge in [-0.1, -0.05) is 54.1 Å². The molecule has 3 aromatic rings. The van der Waals surface area contributed by atoms with E-state index < -0.39 is 0 Å². The molecule has 0 aliphatic carbocycles. The molecule has 1 amide bonds. The number of piperazine rings is 1. The van der Waals surface area contributed by atoms with Gasteiger partial charge in [-0.3, -0.25) is 9.69 Å². The van der Waals surface area contributed by atoms with E-state index in [1.54, 1.807) is 7.11 Å². The SMILES string of the molecule is COc1ccc(OCC(=O)N2CCN(C(c3ccccc3)c3cc(C)ccc3C)CC2)cc1. The second-order valence-corrected chi connectivity index (χ2v) is 8.55. The number of amides is 1. The van der Waals surface area contributed by atoms with Crippen molar-refractivity contribution in [2.45, 2.75) is 19.9 Å². The summed E-state index contributed by atoms with van der Waals surface area (Å²) in [5.41, 5.74) is 5.18. The standard InChI is InChI=1S/C28H32N2O3/c1-21-9-10-22(2)26(19-21)28(23-7-5-4-6-8-23)30-17-15-29(16-18-30)27(31)20-33-25-13-11-24(32-3)12-14-25/h4-14,19,28H,15-18,20H2,1-3H3. The number of aryl methyl sites for hydroxylation is 2. The van der Waals surface area contributed by atoms with Crippen LogP contribution in [0.2, 0.25) is 0 Å². The Morgan fingerprint density at radius 3 is 2.21 bits per heavy atom. The first-order chi connectivity index (χ1) is 16.0. The minimum atomic E-state index is 0.0217. The molecule has 0 bridgehead atoms. The lowest BCUT2D eigenvalue weighted by molar-refractivity contribution is -0.135. The van der Waals surface area contributed by atoms with Gasteiger partial charge in [-0.05, 0) is 54.8 Å². The lowest BCUT2D eigenvalue weighted by Crippen LogP contribution is -2.51. The summed E-state index contributed by atoms with van der Waals surface area (Å²) in [6, 6.07) is 24.8. The number of ether oxygens (including phenoxy) is 2. The Morgan fingerprint density at radius 1 is 0.879 bits per heavy atom. The van der Waals surface area contributed by atoms with Crippen LogP contribution in [-0.2, 0) is 4.79 Å². The van der Waals surface area contributed by atoms with Gasteiger partial charge in [0, 0.05) is 26.2 Å². The molecule has 4 rings (SSSR count). The maximum Gasteiger partial charge on any atom is 0.260 e. The molecule has 5 heteroatoms. The van der Waals surface area contributed by atoms with Crippen molar-refractivity contribution in [3.05, 3.63) is 95.1 Å². The molecule has 33 heavy (non-hydrogen) atoms. The van der Waals surface area contributed by atoms with Crippen molar-refractivity contribution in [2.75, 3.05) is 39.9 Å². The highest BCUT2D eigenvalue weighted by atomic mass is 16.5. The van der Waals surface area contributed by atoms with E-state index in [0.29, 0.717) is 18.8 Å². The van der Waals surface area contributed by atoms with Crippen LogP contribution in [0, 0.1) is 13.8 Å². The van der Waals surface area contributed by atoms with Crippen LogP contribution in [0.5, 0.6) is 11.5 Å². The van der Waals surface area contributed by atoms with Crippen molar-refractivity contribution in [3.63, 3.8) is 0 Å². The van der Waals surface area contributed by atoms with Crippen LogP contribution in [0.1, 0.15) is 28.3 Å². The van der Waals surface area contributed by atoms with E-state index in [2.05, 4.69) is 67.3 Å². The summed E-state index contributed by atoms with van der Waals surface area (Å²) in [4.78, 5) is 17.2. The Kier molecular flexibility index (Phi) is 7.30. The first-order valence-electron chi connectivity index (χ1n) is 11.5. The van der Waals surface area contributed by atoms with Crippen molar-refractivity contribution >= 4 is 5.91 Å². The van der Waals surface area contributed by atoms with Gasteiger partial charge < -0.3 is 14.4 Å². The van der Waals surface area contributed by atoms with E-state index in [1.807, 2.05) is 29.2 Å². The van der Waals surface area contributed by atoms with Gasteiger partial charge in [-0.2, -0.15) is 0 Å². The van der Waals surface area contributed by atoms with Gasteiger partial charge in [-0.15, -0.1) is 0 Å². The van der Waals surface area contributed by atoms with Crippen LogP contribution >= 0.6 is 0 Å². The Morgan fingerprint density at radius 2 is 1.55 bits per heavy atom. The van der Waals surface area contributed by atoms with Crippen LogP contribution in [0.3, 0.4) is 0 Å². The number of nitrogens with zero attached hydrogens (tertiary/aromatic N) is 2. The number of benzene rings is 3.